The summed E-state index contributed by atoms with van der Waals surface area (Å²) >= 11 is 3.24. The number of amides is 1. The van der Waals surface area contributed by atoms with Crippen LogP contribution < -0.4 is 11.3 Å². The van der Waals surface area contributed by atoms with E-state index in [2.05, 4.69) is 35.8 Å². The number of benzene rings is 2. The lowest BCUT2D eigenvalue weighted by molar-refractivity contribution is 0.0957. The molecule has 0 aliphatic rings. The highest BCUT2D eigenvalue weighted by Gasteiger charge is 2.07. The maximum atomic E-state index is 11.4. The summed E-state index contributed by atoms with van der Waals surface area (Å²) < 4.78 is 0. The van der Waals surface area contributed by atoms with E-state index in [9.17, 15) is 4.79 Å². The first-order valence-electron chi connectivity index (χ1n) is 6.47. The van der Waals surface area contributed by atoms with E-state index in [0.717, 1.165) is 10.6 Å². The number of nitrogens with two attached hydrogens (primary N) is 1. The summed E-state index contributed by atoms with van der Waals surface area (Å²) in [5.74, 6) is 5.75. The number of thioether (sulfide) groups is 1. The zero-order valence-corrected chi connectivity index (χ0v) is 12.8. The molecule has 21 heavy (non-hydrogen) atoms. The van der Waals surface area contributed by atoms with Crippen molar-refractivity contribution >= 4 is 39.8 Å². The van der Waals surface area contributed by atoms with Crippen molar-refractivity contribution in [3.05, 3.63) is 64.4 Å². The second-order valence-corrected chi connectivity index (χ2v) is 6.75. The van der Waals surface area contributed by atoms with E-state index in [-0.39, 0.29) is 5.91 Å². The van der Waals surface area contributed by atoms with E-state index in [1.54, 1.807) is 11.8 Å². The predicted octanol–water partition coefficient (Wildman–Crippen LogP) is 3.80. The molecule has 0 radical (unpaired) electrons. The Morgan fingerprint density at radius 2 is 1.90 bits per heavy atom. The van der Waals surface area contributed by atoms with E-state index in [1.165, 1.54) is 27.0 Å². The number of fused-ring (bicyclic) bond motifs is 1. The summed E-state index contributed by atoms with van der Waals surface area (Å²) in [6, 6.07) is 18.6. The Morgan fingerprint density at radius 3 is 2.71 bits per heavy atom. The summed E-state index contributed by atoms with van der Waals surface area (Å²) in [7, 11) is 0. The fraction of sp³-hybridized carbons (Fsp3) is 0.0625. The number of carbonyl (C=O) groups is 1. The quantitative estimate of drug-likeness (QED) is 0.333. The van der Waals surface area contributed by atoms with Crippen LogP contribution in [0.2, 0.25) is 0 Å². The highest BCUT2D eigenvalue weighted by molar-refractivity contribution is 7.98. The molecule has 0 atom stereocenters. The number of thiophene rings is 1. The number of hydrazine groups is 1. The number of hydrogen-bond donors (Lipinski definition) is 2. The van der Waals surface area contributed by atoms with E-state index in [1.807, 2.05) is 24.3 Å². The minimum atomic E-state index is -0.234. The fourth-order valence-electron chi connectivity index (χ4n) is 2.06. The van der Waals surface area contributed by atoms with Crippen LogP contribution in [0, 0.1) is 0 Å². The van der Waals surface area contributed by atoms with Gasteiger partial charge < -0.3 is 0 Å². The van der Waals surface area contributed by atoms with Crippen molar-refractivity contribution in [2.75, 3.05) is 0 Å². The molecule has 1 aromatic heterocycles. The van der Waals surface area contributed by atoms with Crippen LogP contribution in [0.5, 0.6) is 0 Å². The molecule has 5 heteroatoms. The number of carbonyl (C=O) groups excluding carboxylic acids is 1. The largest absolute Gasteiger partial charge is 0.289 e. The lowest BCUT2D eigenvalue weighted by atomic mass is 10.1. The first-order chi connectivity index (χ1) is 10.3. The molecule has 0 aliphatic heterocycles. The lowest BCUT2D eigenvalue weighted by Gasteiger charge is -2.02. The van der Waals surface area contributed by atoms with Gasteiger partial charge in [-0.25, -0.2) is 5.84 Å². The standard InChI is InChI=1S/C16H14N2OS2/c17-18-16(19)15-8-7-14(21-15)10-20-13-6-5-11-3-1-2-4-12(11)9-13/h1-9H,10,17H2,(H,18,19). The van der Waals surface area contributed by atoms with E-state index in [0.29, 0.717) is 4.88 Å². The Hall–Kier alpha value is -1.82. The summed E-state index contributed by atoms with van der Waals surface area (Å²) in [6.45, 7) is 0. The minimum absolute atomic E-state index is 0.234. The molecule has 2 aromatic carbocycles. The van der Waals surface area contributed by atoms with Crippen LogP contribution in [0.3, 0.4) is 0 Å². The van der Waals surface area contributed by atoms with Gasteiger partial charge in [0.25, 0.3) is 5.91 Å². The number of nitrogens with one attached hydrogen (secondary N) is 1. The van der Waals surface area contributed by atoms with Gasteiger partial charge in [-0.05, 0) is 35.0 Å². The SMILES string of the molecule is NNC(=O)c1ccc(CSc2ccc3ccccc3c2)s1. The maximum Gasteiger partial charge on any atom is 0.275 e. The van der Waals surface area contributed by atoms with Gasteiger partial charge in [-0.15, -0.1) is 23.1 Å². The monoisotopic (exact) mass is 314 g/mol. The molecule has 0 spiro atoms. The molecule has 3 rings (SSSR count). The van der Waals surface area contributed by atoms with Gasteiger partial charge in [-0.1, -0.05) is 30.3 Å². The van der Waals surface area contributed by atoms with Crippen molar-refractivity contribution in [1.82, 2.24) is 5.43 Å². The molecule has 0 aliphatic carbocycles. The van der Waals surface area contributed by atoms with Crippen LogP contribution in [0.15, 0.2) is 59.5 Å². The highest BCUT2D eigenvalue weighted by atomic mass is 32.2. The molecule has 1 amide bonds. The van der Waals surface area contributed by atoms with Crippen molar-refractivity contribution in [2.45, 2.75) is 10.6 Å². The molecule has 0 saturated heterocycles. The van der Waals surface area contributed by atoms with Gasteiger partial charge in [0.1, 0.15) is 0 Å². The maximum absolute atomic E-state index is 11.4. The van der Waals surface area contributed by atoms with Crippen molar-refractivity contribution in [3.63, 3.8) is 0 Å². The first kappa shape index (κ1) is 14.1. The fourth-order valence-corrected chi connectivity index (χ4v) is 3.96. The third kappa shape index (κ3) is 3.26. The van der Waals surface area contributed by atoms with Gasteiger partial charge in [-0.3, -0.25) is 10.2 Å². The Kier molecular flexibility index (Phi) is 4.24. The van der Waals surface area contributed by atoms with Crippen LogP contribution in [0.4, 0.5) is 0 Å². The topological polar surface area (TPSA) is 55.1 Å². The van der Waals surface area contributed by atoms with Crippen LogP contribution >= 0.6 is 23.1 Å². The molecule has 0 saturated carbocycles. The Morgan fingerprint density at radius 1 is 1.10 bits per heavy atom. The summed E-state index contributed by atoms with van der Waals surface area (Å²) in [6.07, 6.45) is 0. The van der Waals surface area contributed by atoms with Gasteiger partial charge in [0, 0.05) is 15.5 Å². The molecule has 3 aromatic rings. The van der Waals surface area contributed by atoms with Crippen molar-refractivity contribution in [1.29, 1.82) is 0 Å². The second kappa shape index (κ2) is 6.30. The first-order valence-corrected chi connectivity index (χ1v) is 8.28. The molecule has 1 heterocycles. The van der Waals surface area contributed by atoms with Crippen molar-refractivity contribution < 1.29 is 4.79 Å². The molecule has 0 unspecified atom stereocenters. The summed E-state index contributed by atoms with van der Waals surface area (Å²) in [5, 5.41) is 2.50. The van der Waals surface area contributed by atoms with Crippen LogP contribution in [0.25, 0.3) is 10.8 Å². The number of rotatable bonds is 4. The summed E-state index contributed by atoms with van der Waals surface area (Å²) in [5.41, 5.74) is 2.15. The lowest BCUT2D eigenvalue weighted by Crippen LogP contribution is -2.29. The van der Waals surface area contributed by atoms with Gasteiger partial charge in [0.05, 0.1) is 4.88 Å². The molecule has 0 fully saturated rings. The minimum Gasteiger partial charge on any atom is -0.289 e. The Labute approximate surface area is 131 Å². The Bertz CT molecular complexity index is 783. The zero-order valence-electron chi connectivity index (χ0n) is 11.2. The molecule has 3 N–H and O–H groups in total. The van der Waals surface area contributed by atoms with Gasteiger partial charge >= 0.3 is 0 Å². The molecule has 3 nitrogen and oxygen atoms in total. The van der Waals surface area contributed by atoms with Crippen LogP contribution in [0.1, 0.15) is 14.5 Å². The third-order valence-corrected chi connectivity index (χ3v) is 5.43. The van der Waals surface area contributed by atoms with E-state index in [4.69, 9.17) is 5.84 Å². The van der Waals surface area contributed by atoms with Crippen molar-refractivity contribution in [3.8, 4) is 0 Å². The average molecular weight is 314 g/mol. The number of nitrogen functional groups attached to an aromatic ring is 1. The van der Waals surface area contributed by atoms with Gasteiger partial charge in [-0.2, -0.15) is 0 Å². The molecular formula is C16H14N2OS2. The highest BCUT2D eigenvalue weighted by Crippen LogP contribution is 2.29. The number of hydrogen-bond acceptors (Lipinski definition) is 4. The van der Waals surface area contributed by atoms with E-state index < -0.39 is 0 Å². The molecule has 106 valence electrons. The normalized spacial score (nSPS) is 10.7. The van der Waals surface area contributed by atoms with Crippen LogP contribution in [-0.4, -0.2) is 5.91 Å². The zero-order chi connectivity index (χ0) is 14.7. The second-order valence-electron chi connectivity index (χ2n) is 4.54. The molecular weight excluding hydrogens is 300 g/mol. The van der Waals surface area contributed by atoms with Gasteiger partial charge in [0.15, 0.2) is 0 Å². The molecule has 0 bridgehead atoms. The summed E-state index contributed by atoms with van der Waals surface area (Å²) in [4.78, 5) is 14.4. The van der Waals surface area contributed by atoms with Crippen molar-refractivity contribution in [2.24, 2.45) is 5.84 Å². The average Bonchev–Trinajstić information content (AvgIpc) is 3.01. The van der Waals surface area contributed by atoms with Gasteiger partial charge in [0.2, 0.25) is 0 Å². The van der Waals surface area contributed by atoms with Crippen LogP contribution in [-0.2, 0) is 5.75 Å². The predicted molar refractivity (Wildman–Crippen MR) is 89.5 cm³/mol. The Balaban J connectivity index is 1.71. The smallest absolute Gasteiger partial charge is 0.275 e. The van der Waals surface area contributed by atoms with E-state index >= 15 is 0 Å². The third-order valence-electron chi connectivity index (χ3n) is 3.12.